The minimum absolute atomic E-state index is 0.0641. The molecule has 188 valence electrons. The molecule has 31 heavy (non-hydrogen) atoms. The molecule has 2 nitrogen and oxygen atoms in total. The summed E-state index contributed by atoms with van der Waals surface area (Å²) >= 11 is 0. The molecule has 0 saturated heterocycles. The van der Waals surface area contributed by atoms with Crippen LogP contribution in [0.25, 0.3) is 0 Å². The Bertz CT molecular complexity index is 305. The van der Waals surface area contributed by atoms with Crippen molar-refractivity contribution in [1.29, 1.82) is 0 Å². The maximum atomic E-state index is 10.1. The van der Waals surface area contributed by atoms with Gasteiger partial charge >= 0.3 is 0 Å². The first-order valence-electron chi connectivity index (χ1n) is 14.6. The van der Waals surface area contributed by atoms with Crippen LogP contribution in [0.15, 0.2) is 0 Å². The van der Waals surface area contributed by atoms with Crippen molar-refractivity contribution in [3.05, 3.63) is 0 Å². The second-order valence-corrected chi connectivity index (χ2v) is 10.1. The molecule has 0 rings (SSSR count). The van der Waals surface area contributed by atoms with Crippen LogP contribution < -0.4 is 0 Å². The van der Waals surface area contributed by atoms with E-state index in [2.05, 4.69) is 6.92 Å². The molecule has 0 fully saturated rings. The minimum atomic E-state index is -0.0641. The van der Waals surface area contributed by atoms with Gasteiger partial charge in [-0.15, -0.1) is 0 Å². The summed E-state index contributed by atoms with van der Waals surface area (Å²) in [5.74, 6) is 0. The Hall–Kier alpha value is -0.0800. The molecule has 0 aromatic rings. The van der Waals surface area contributed by atoms with Crippen LogP contribution in [-0.4, -0.2) is 22.9 Å². The molecule has 0 saturated carbocycles. The number of hydrogen-bond acceptors (Lipinski definition) is 2. The highest BCUT2D eigenvalue weighted by atomic mass is 16.3. The fourth-order valence-electron chi connectivity index (χ4n) is 4.62. The van der Waals surface area contributed by atoms with Crippen LogP contribution in [0.1, 0.15) is 174 Å². The van der Waals surface area contributed by atoms with Gasteiger partial charge in [-0.25, -0.2) is 0 Å². The van der Waals surface area contributed by atoms with Crippen LogP contribution in [0.5, 0.6) is 0 Å². The highest BCUT2D eigenvalue weighted by Crippen LogP contribution is 2.16. The van der Waals surface area contributed by atoms with Gasteiger partial charge in [-0.3, -0.25) is 0 Å². The van der Waals surface area contributed by atoms with E-state index in [0.29, 0.717) is 6.61 Å². The Labute approximate surface area is 197 Å². The summed E-state index contributed by atoms with van der Waals surface area (Å²) in [6, 6.07) is 0. The molecule has 0 heterocycles. The zero-order valence-electron chi connectivity index (χ0n) is 21.6. The van der Waals surface area contributed by atoms with Gasteiger partial charge in [-0.2, -0.15) is 0 Å². The summed E-state index contributed by atoms with van der Waals surface area (Å²) in [6.07, 6.45) is 34.3. The van der Waals surface area contributed by atoms with E-state index in [0.717, 1.165) is 19.3 Å². The lowest BCUT2D eigenvalue weighted by Crippen LogP contribution is -2.05. The van der Waals surface area contributed by atoms with Crippen molar-refractivity contribution >= 4 is 0 Å². The highest BCUT2D eigenvalue weighted by molar-refractivity contribution is 4.58. The maximum absolute atomic E-state index is 10.1. The van der Waals surface area contributed by atoms with Gasteiger partial charge in [-0.1, -0.05) is 155 Å². The van der Waals surface area contributed by atoms with Gasteiger partial charge in [0, 0.05) is 6.61 Å². The van der Waals surface area contributed by atoms with E-state index in [1.54, 1.807) is 0 Å². The molecule has 0 spiro atoms. The molecule has 0 bridgehead atoms. The average molecular weight is 441 g/mol. The maximum Gasteiger partial charge on any atom is 0.0540 e. The molecule has 0 aliphatic rings. The predicted molar refractivity (Wildman–Crippen MR) is 139 cm³/mol. The minimum Gasteiger partial charge on any atom is -0.396 e. The van der Waals surface area contributed by atoms with Gasteiger partial charge < -0.3 is 10.2 Å². The van der Waals surface area contributed by atoms with Gasteiger partial charge in [0.25, 0.3) is 0 Å². The standard InChI is InChI=1S/C29H60O2/c1-2-3-4-5-6-7-8-9-10-11-12-13-14-15-17-20-23-26-29(31)27-24-21-18-16-19-22-25-28-30/h29-31H,2-28H2,1H3/t29-/m0/s1. The van der Waals surface area contributed by atoms with Gasteiger partial charge in [0.15, 0.2) is 0 Å². The Morgan fingerprint density at radius 2 is 0.645 bits per heavy atom. The topological polar surface area (TPSA) is 40.5 Å². The number of aliphatic hydroxyl groups is 2. The Morgan fingerprint density at radius 1 is 0.387 bits per heavy atom. The van der Waals surface area contributed by atoms with Crippen molar-refractivity contribution in [2.45, 2.75) is 180 Å². The molecular formula is C29H60O2. The van der Waals surface area contributed by atoms with E-state index in [1.807, 2.05) is 0 Å². The molecular weight excluding hydrogens is 380 g/mol. The first kappa shape index (κ1) is 30.9. The third-order valence-corrected chi connectivity index (χ3v) is 6.84. The van der Waals surface area contributed by atoms with Crippen LogP contribution in [0.4, 0.5) is 0 Å². The quantitative estimate of drug-likeness (QED) is 0.125. The summed E-state index contributed by atoms with van der Waals surface area (Å²) in [5, 5.41) is 18.9. The second-order valence-electron chi connectivity index (χ2n) is 10.1. The fraction of sp³-hybridized carbons (Fsp3) is 1.00. The summed E-state index contributed by atoms with van der Waals surface area (Å²) in [4.78, 5) is 0. The molecule has 2 N–H and O–H groups in total. The SMILES string of the molecule is CCCCCCCCCCCCCCCCCCC[C@H](O)CCCCCCCCCO. The lowest BCUT2D eigenvalue weighted by molar-refractivity contribution is 0.147. The first-order chi connectivity index (χ1) is 15.3. The van der Waals surface area contributed by atoms with E-state index in [9.17, 15) is 5.11 Å². The Kier molecular flexibility index (Phi) is 27.9. The summed E-state index contributed by atoms with van der Waals surface area (Å²) in [6.45, 7) is 2.63. The van der Waals surface area contributed by atoms with Crippen molar-refractivity contribution in [2.24, 2.45) is 0 Å². The van der Waals surface area contributed by atoms with E-state index >= 15 is 0 Å². The van der Waals surface area contributed by atoms with Crippen molar-refractivity contribution < 1.29 is 10.2 Å². The molecule has 0 unspecified atom stereocenters. The first-order valence-corrected chi connectivity index (χ1v) is 14.6. The van der Waals surface area contributed by atoms with Crippen molar-refractivity contribution in [3.63, 3.8) is 0 Å². The number of rotatable bonds is 27. The largest absolute Gasteiger partial charge is 0.396 e. The van der Waals surface area contributed by atoms with E-state index in [1.165, 1.54) is 148 Å². The zero-order chi connectivity index (χ0) is 22.7. The van der Waals surface area contributed by atoms with E-state index < -0.39 is 0 Å². The monoisotopic (exact) mass is 440 g/mol. The van der Waals surface area contributed by atoms with E-state index in [-0.39, 0.29) is 6.10 Å². The summed E-state index contributed by atoms with van der Waals surface area (Å²) in [7, 11) is 0. The summed E-state index contributed by atoms with van der Waals surface area (Å²) in [5.41, 5.74) is 0. The van der Waals surface area contributed by atoms with Crippen LogP contribution >= 0.6 is 0 Å². The van der Waals surface area contributed by atoms with Gasteiger partial charge in [0.1, 0.15) is 0 Å². The van der Waals surface area contributed by atoms with Crippen molar-refractivity contribution in [3.8, 4) is 0 Å². The normalized spacial score (nSPS) is 12.5. The smallest absolute Gasteiger partial charge is 0.0540 e. The second kappa shape index (κ2) is 28.0. The number of aliphatic hydroxyl groups excluding tert-OH is 2. The molecule has 0 radical (unpaired) electrons. The number of unbranched alkanes of at least 4 members (excludes halogenated alkanes) is 22. The summed E-state index contributed by atoms with van der Waals surface area (Å²) < 4.78 is 0. The third-order valence-electron chi connectivity index (χ3n) is 6.84. The lowest BCUT2D eigenvalue weighted by atomic mass is 10.0. The third kappa shape index (κ3) is 27.9. The molecule has 1 atom stereocenters. The van der Waals surface area contributed by atoms with Crippen molar-refractivity contribution in [2.75, 3.05) is 6.61 Å². The molecule has 0 aromatic carbocycles. The van der Waals surface area contributed by atoms with Crippen LogP contribution in [0, 0.1) is 0 Å². The average Bonchev–Trinajstić information content (AvgIpc) is 2.77. The molecule has 0 aliphatic carbocycles. The Balaban J connectivity index is 3.11. The molecule has 0 aromatic heterocycles. The Morgan fingerprint density at radius 3 is 0.935 bits per heavy atom. The molecule has 0 aliphatic heterocycles. The van der Waals surface area contributed by atoms with E-state index in [4.69, 9.17) is 5.11 Å². The van der Waals surface area contributed by atoms with Gasteiger partial charge in [0.2, 0.25) is 0 Å². The lowest BCUT2D eigenvalue weighted by Gasteiger charge is -2.10. The molecule has 2 heteroatoms. The molecule has 0 amide bonds. The van der Waals surface area contributed by atoms with Crippen LogP contribution in [0.2, 0.25) is 0 Å². The van der Waals surface area contributed by atoms with Crippen LogP contribution in [0.3, 0.4) is 0 Å². The van der Waals surface area contributed by atoms with Gasteiger partial charge in [-0.05, 0) is 19.3 Å². The highest BCUT2D eigenvalue weighted by Gasteiger charge is 2.03. The van der Waals surface area contributed by atoms with Crippen LogP contribution in [-0.2, 0) is 0 Å². The van der Waals surface area contributed by atoms with Crippen molar-refractivity contribution in [1.82, 2.24) is 0 Å². The zero-order valence-corrected chi connectivity index (χ0v) is 21.6. The number of hydrogen-bond donors (Lipinski definition) is 2. The fourth-order valence-corrected chi connectivity index (χ4v) is 4.62. The van der Waals surface area contributed by atoms with Gasteiger partial charge in [0.05, 0.1) is 6.10 Å². The predicted octanol–water partition coefficient (Wildman–Crippen LogP) is 9.50.